The molecule has 4 nitrogen and oxygen atoms in total. The second-order valence-electron chi connectivity index (χ2n) is 5.15. The lowest BCUT2D eigenvalue weighted by Crippen LogP contribution is -2.35. The van der Waals surface area contributed by atoms with Crippen LogP contribution in [0.5, 0.6) is 11.5 Å². The average molecular weight is 261 g/mol. The van der Waals surface area contributed by atoms with Crippen molar-refractivity contribution in [2.24, 2.45) is 5.92 Å². The van der Waals surface area contributed by atoms with E-state index in [-0.39, 0.29) is 11.8 Å². The van der Waals surface area contributed by atoms with Crippen LogP contribution >= 0.6 is 0 Å². The summed E-state index contributed by atoms with van der Waals surface area (Å²) in [6, 6.07) is 5.98. The first-order chi connectivity index (χ1) is 9.33. The summed E-state index contributed by atoms with van der Waals surface area (Å²) in [6.45, 7) is 1.91. The molecule has 0 saturated heterocycles. The molecule has 0 bridgehead atoms. The smallest absolute Gasteiger partial charge is 0.223 e. The molecule has 1 heterocycles. The van der Waals surface area contributed by atoms with E-state index in [9.17, 15) is 4.79 Å². The quantitative estimate of drug-likeness (QED) is 0.900. The molecule has 2 aliphatic rings. The molecule has 0 unspecified atom stereocenters. The first-order valence-electron chi connectivity index (χ1n) is 6.99. The zero-order chi connectivity index (χ0) is 13.1. The van der Waals surface area contributed by atoms with Crippen molar-refractivity contribution in [2.45, 2.75) is 25.7 Å². The lowest BCUT2D eigenvalue weighted by atomic mass is 9.85. The number of fused-ring (bicyclic) bond motifs is 1. The predicted octanol–water partition coefficient (Wildman–Crippen LogP) is 1.92. The number of amides is 1. The molecular weight excluding hydrogens is 242 g/mol. The van der Waals surface area contributed by atoms with Crippen molar-refractivity contribution in [3.8, 4) is 11.5 Å². The predicted molar refractivity (Wildman–Crippen MR) is 71.5 cm³/mol. The Morgan fingerprint density at radius 2 is 2.00 bits per heavy atom. The zero-order valence-electron chi connectivity index (χ0n) is 11.0. The van der Waals surface area contributed by atoms with Crippen molar-refractivity contribution < 1.29 is 14.3 Å². The zero-order valence-corrected chi connectivity index (χ0v) is 11.0. The first kappa shape index (κ1) is 12.3. The van der Waals surface area contributed by atoms with E-state index in [1.807, 2.05) is 18.2 Å². The number of rotatable bonds is 4. The molecule has 1 aromatic carbocycles. The van der Waals surface area contributed by atoms with Crippen LogP contribution in [-0.4, -0.2) is 25.7 Å². The molecule has 4 heteroatoms. The third kappa shape index (κ3) is 2.83. The van der Waals surface area contributed by atoms with Gasteiger partial charge in [-0.1, -0.05) is 12.5 Å². The summed E-state index contributed by atoms with van der Waals surface area (Å²) in [6.07, 6.45) is 4.13. The summed E-state index contributed by atoms with van der Waals surface area (Å²) in [5.74, 6) is 2.10. The van der Waals surface area contributed by atoms with Gasteiger partial charge in [0, 0.05) is 12.5 Å². The topological polar surface area (TPSA) is 47.6 Å². The van der Waals surface area contributed by atoms with Crippen LogP contribution in [0.4, 0.5) is 0 Å². The highest BCUT2D eigenvalue weighted by atomic mass is 16.6. The summed E-state index contributed by atoms with van der Waals surface area (Å²) in [5, 5.41) is 3.00. The molecule has 0 aromatic heterocycles. The molecule has 3 rings (SSSR count). The van der Waals surface area contributed by atoms with E-state index in [2.05, 4.69) is 5.32 Å². The standard InChI is InChI=1S/C15H19NO3/c17-15(12-2-1-3-12)16-7-6-11-4-5-13-14(10-11)19-9-8-18-13/h4-5,10,12H,1-3,6-9H2,(H,16,17). The Labute approximate surface area is 113 Å². The normalized spacial score (nSPS) is 17.7. The maximum Gasteiger partial charge on any atom is 0.223 e. The Balaban J connectivity index is 1.50. The Kier molecular flexibility index (Phi) is 3.58. The summed E-state index contributed by atoms with van der Waals surface area (Å²) in [7, 11) is 0. The lowest BCUT2D eigenvalue weighted by Gasteiger charge is -2.24. The van der Waals surface area contributed by atoms with Crippen molar-refractivity contribution in [2.75, 3.05) is 19.8 Å². The van der Waals surface area contributed by atoms with E-state index in [1.165, 1.54) is 6.42 Å². The Bertz CT molecular complexity index is 468. The van der Waals surface area contributed by atoms with Gasteiger partial charge in [-0.05, 0) is 37.0 Å². The Hall–Kier alpha value is -1.71. The van der Waals surface area contributed by atoms with Gasteiger partial charge in [-0.2, -0.15) is 0 Å². The maximum absolute atomic E-state index is 11.7. The fraction of sp³-hybridized carbons (Fsp3) is 0.533. The van der Waals surface area contributed by atoms with Crippen LogP contribution < -0.4 is 14.8 Å². The molecule has 19 heavy (non-hydrogen) atoms. The van der Waals surface area contributed by atoms with E-state index >= 15 is 0 Å². The van der Waals surface area contributed by atoms with Gasteiger partial charge in [0.2, 0.25) is 5.91 Å². The van der Waals surface area contributed by atoms with Gasteiger partial charge in [-0.3, -0.25) is 4.79 Å². The van der Waals surface area contributed by atoms with Gasteiger partial charge < -0.3 is 14.8 Å². The highest BCUT2D eigenvalue weighted by Gasteiger charge is 2.24. The molecular formula is C15H19NO3. The molecule has 1 saturated carbocycles. The molecule has 1 N–H and O–H groups in total. The molecule has 1 aromatic rings. The fourth-order valence-electron chi connectivity index (χ4n) is 2.39. The largest absolute Gasteiger partial charge is 0.486 e. The van der Waals surface area contributed by atoms with Crippen molar-refractivity contribution in [1.29, 1.82) is 0 Å². The number of benzene rings is 1. The number of ether oxygens (including phenoxy) is 2. The highest BCUT2D eigenvalue weighted by molar-refractivity contribution is 5.79. The molecule has 1 fully saturated rings. The van der Waals surface area contributed by atoms with Crippen molar-refractivity contribution >= 4 is 5.91 Å². The number of hydrogen-bond donors (Lipinski definition) is 1. The van der Waals surface area contributed by atoms with E-state index < -0.39 is 0 Å². The summed E-state index contributed by atoms with van der Waals surface area (Å²) >= 11 is 0. The Morgan fingerprint density at radius 1 is 1.21 bits per heavy atom. The highest BCUT2D eigenvalue weighted by Crippen LogP contribution is 2.30. The van der Waals surface area contributed by atoms with Crippen molar-refractivity contribution in [1.82, 2.24) is 5.32 Å². The minimum Gasteiger partial charge on any atom is -0.486 e. The molecule has 102 valence electrons. The van der Waals surface area contributed by atoms with Gasteiger partial charge in [0.25, 0.3) is 0 Å². The number of carbonyl (C=O) groups excluding carboxylic acids is 1. The first-order valence-corrected chi connectivity index (χ1v) is 6.99. The van der Waals surface area contributed by atoms with Crippen LogP contribution in [0.2, 0.25) is 0 Å². The average Bonchev–Trinajstić information content (AvgIpc) is 2.36. The number of carbonyl (C=O) groups is 1. The van der Waals surface area contributed by atoms with Crippen LogP contribution in [0.25, 0.3) is 0 Å². The van der Waals surface area contributed by atoms with E-state index in [4.69, 9.17) is 9.47 Å². The summed E-state index contributed by atoms with van der Waals surface area (Å²) < 4.78 is 11.0. The number of hydrogen-bond acceptors (Lipinski definition) is 3. The van der Waals surface area contributed by atoms with Crippen LogP contribution in [-0.2, 0) is 11.2 Å². The van der Waals surface area contributed by atoms with E-state index in [0.29, 0.717) is 19.8 Å². The van der Waals surface area contributed by atoms with Gasteiger partial charge in [-0.15, -0.1) is 0 Å². The summed E-state index contributed by atoms with van der Waals surface area (Å²) in [5.41, 5.74) is 1.16. The summed E-state index contributed by atoms with van der Waals surface area (Å²) in [4.78, 5) is 11.7. The Morgan fingerprint density at radius 3 is 2.74 bits per heavy atom. The van der Waals surface area contributed by atoms with Gasteiger partial charge in [0.15, 0.2) is 11.5 Å². The third-order valence-electron chi connectivity index (χ3n) is 3.80. The van der Waals surface area contributed by atoms with Crippen molar-refractivity contribution in [3.63, 3.8) is 0 Å². The molecule has 0 atom stereocenters. The molecule has 1 aliphatic heterocycles. The molecule has 1 aliphatic carbocycles. The van der Waals surface area contributed by atoms with E-state index in [0.717, 1.165) is 36.3 Å². The van der Waals surface area contributed by atoms with Gasteiger partial charge in [0.1, 0.15) is 13.2 Å². The van der Waals surface area contributed by atoms with Crippen LogP contribution in [0, 0.1) is 5.92 Å². The van der Waals surface area contributed by atoms with E-state index in [1.54, 1.807) is 0 Å². The van der Waals surface area contributed by atoms with Gasteiger partial charge in [-0.25, -0.2) is 0 Å². The van der Waals surface area contributed by atoms with Crippen LogP contribution in [0.1, 0.15) is 24.8 Å². The van der Waals surface area contributed by atoms with Crippen LogP contribution in [0.15, 0.2) is 18.2 Å². The maximum atomic E-state index is 11.7. The monoisotopic (exact) mass is 261 g/mol. The van der Waals surface area contributed by atoms with Crippen molar-refractivity contribution in [3.05, 3.63) is 23.8 Å². The fourth-order valence-corrected chi connectivity index (χ4v) is 2.39. The third-order valence-corrected chi connectivity index (χ3v) is 3.80. The minimum atomic E-state index is 0.212. The minimum absolute atomic E-state index is 0.212. The second kappa shape index (κ2) is 5.51. The molecule has 0 radical (unpaired) electrons. The number of nitrogens with one attached hydrogen (secondary N) is 1. The lowest BCUT2D eigenvalue weighted by molar-refractivity contribution is -0.127. The van der Waals surface area contributed by atoms with Gasteiger partial charge in [0.05, 0.1) is 0 Å². The van der Waals surface area contributed by atoms with Gasteiger partial charge >= 0.3 is 0 Å². The molecule has 1 amide bonds. The second-order valence-corrected chi connectivity index (χ2v) is 5.15. The molecule has 0 spiro atoms. The SMILES string of the molecule is O=C(NCCc1ccc2c(c1)OCCO2)C1CCC1. The van der Waals surface area contributed by atoms with Crippen LogP contribution in [0.3, 0.4) is 0 Å².